The maximum absolute atomic E-state index is 12.5. The van der Waals surface area contributed by atoms with Crippen LogP contribution in [0.4, 0.5) is 0 Å². The second kappa shape index (κ2) is 42.5. The van der Waals surface area contributed by atoms with E-state index in [-0.39, 0.29) is 25.2 Å². The van der Waals surface area contributed by atoms with Crippen molar-refractivity contribution in [3.63, 3.8) is 0 Å². The van der Waals surface area contributed by atoms with Crippen molar-refractivity contribution < 1.29 is 23.8 Å². The summed E-state index contributed by atoms with van der Waals surface area (Å²) in [4.78, 5) is 24.9. The molecule has 0 aliphatic rings. The maximum atomic E-state index is 12.5. The molecule has 1 unspecified atom stereocenters. The van der Waals surface area contributed by atoms with Crippen molar-refractivity contribution in [2.45, 2.75) is 181 Å². The fraction of sp³-hybridized carbons (Fsp3) is 0.660. The minimum Gasteiger partial charge on any atom is -0.462 e. The molecule has 0 aromatic carbocycles. The molecule has 0 rings (SSSR count). The third-order valence-corrected chi connectivity index (χ3v) is 8.43. The van der Waals surface area contributed by atoms with Gasteiger partial charge in [0.2, 0.25) is 0 Å². The molecule has 52 heavy (non-hydrogen) atoms. The van der Waals surface area contributed by atoms with E-state index in [1.54, 1.807) is 0 Å². The second-order valence-corrected chi connectivity index (χ2v) is 13.5. The highest BCUT2D eigenvalue weighted by atomic mass is 16.6. The first-order valence-electron chi connectivity index (χ1n) is 21.1. The van der Waals surface area contributed by atoms with Crippen LogP contribution in [0.1, 0.15) is 175 Å². The second-order valence-electron chi connectivity index (χ2n) is 13.5. The van der Waals surface area contributed by atoms with Crippen LogP contribution in [0, 0.1) is 0 Å². The Morgan fingerprint density at radius 3 is 1.52 bits per heavy atom. The van der Waals surface area contributed by atoms with Crippen LogP contribution in [0.3, 0.4) is 0 Å². The Labute approximate surface area is 320 Å². The summed E-state index contributed by atoms with van der Waals surface area (Å²) in [6, 6.07) is 0. The number of rotatable bonds is 37. The number of carbonyl (C=O) groups is 2. The molecule has 0 aromatic rings. The first-order valence-corrected chi connectivity index (χ1v) is 21.1. The molecule has 0 saturated heterocycles. The van der Waals surface area contributed by atoms with E-state index in [1.807, 2.05) is 6.08 Å². The Kier molecular flexibility index (Phi) is 40.1. The van der Waals surface area contributed by atoms with E-state index < -0.39 is 6.10 Å². The topological polar surface area (TPSA) is 61.8 Å². The van der Waals surface area contributed by atoms with Gasteiger partial charge in [-0.2, -0.15) is 0 Å². The van der Waals surface area contributed by atoms with Gasteiger partial charge >= 0.3 is 11.9 Å². The van der Waals surface area contributed by atoms with Crippen LogP contribution in [-0.4, -0.2) is 37.9 Å². The van der Waals surface area contributed by atoms with Crippen LogP contribution in [-0.2, 0) is 23.8 Å². The average molecular weight is 723 g/mol. The van der Waals surface area contributed by atoms with E-state index in [4.69, 9.17) is 14.2 Å². The molecule has 5 heteroatoms. The van der Waals surface area contributed by atoms with E-state index in [9.17, 15) is 9.59 Å². The molecule has 0 N–H and O–H groups in total. The molecule has 0 spiro atoms. The van der Waals surface area contributed by atoms with Crippen molar-refractivity contribution in [2.24, 2.45) is 0 Å². The summed E-state index contributed by atoms with van der Waals surface area (Å²) < 4.78 is 17.1. The average Bonchev–Trinajstić information content (AvgIpc) is 3.14. The zero-order chi connectivity index (χ0) is 37.8. The van der Waals surface area contributed by atoms with Gasteiger partial charge in [0, 0.05) is 19.4 Å². The summed E-state index contributed by atoms with van der Waals surface area (Å²) in [5.74, 6) is -0.518. The highest BCUT2D eigenvalue weighted by Gasteiger charge is 2.17. The van der Waals surface area contributed by atoms with Crippen molar-refractivity contribution in [2.75, 3.05) is 19.8 Å². The lowest BCUT2D eigenvalue weighted by molar-refractivity contribution is -0.162. The van der Waals surface area contributed by atoms with Crippen LogP contribution in [0.2, 0.25) is 0 Å². The molecule has 0 amide bonds. The molecule has 0 aromatic heterocycles. The Balaban J connectivity index is 4.23. The van der Waals surface area contributed by atoms with E-state index in [1.165, 1.54) is 64.2 Å². The lowest BCUT2D eigenvalue weighted by Gasteiger charge is -2.18. The Morgan fingerprint density at radius 2 is 0.923 bits per heavy atom. The summed E-state index contributed by atoms with van der Waals surface area (Å²) in [5, 5.41) is 0. The van der Waals surface area contributed by atoms with Crippen molar-refractivity contribution in [1.29, 1.82) is 0 Å². The summed E-state index contributed by atoms with van der Waals surface area (Å²) in [6.45, 7) is 7.49. The van der Waals surface area contributed by atoms with Gasteiger partial charge in [-0.05, 0) is 77.0 Å². The fourth-order valence-corrected chi connectivity index (χ4v) is 5.28. The number of hydrogen-bond donors (Lipinski definition) is 0. The van der Waals surface area contributed by atoms with Gasteiger partial charge < -0.3 is 14.2 Å². The molecule has 0 bridgehead atoms. The van der Waals surface area contributed by atoms with Crippen LogP contribution in [0.15, 0.2) is 85.1 Å². The normalized spacial score (nSPS) is 13.1. The number of allylic oxidation sites excluding steroid dienone is 14. The molecule has 0 radical (unpaired) electrons. The zero-order valence-electron chi connectivity index (χ0n) is 33.8. The van der Waals surface area contributed by atoms with E-state index in [0.717, 1.165) is 70.6 Å². The van der Waals surface area contributed by atoms with E-state index in [0.29, 0.717) is 25.9 Å². The lowest BCUT2D eigenvalue weighted by Crippen LogP contribution is -2.30. The molecule has 0 fully saturated rings. The van der Waals surface area contributed by atoms with Gasteiger partial charge in [-0.3, -0.25) is 9.59 Å². The monoisotopic (exact) mass is 723 g/mol. The number of unbranched alkanes of at least 4 members (excludes halogenated alkanes) is 12. The summed E-state index contributed by atoms with van der Waals surface area (Å²) >= 11 is 0. The van der Waals surface area contributed by atoms with Crippen LogP contribution in [0.5, 0.6) is 0 Å². The van der Waals surface area contributed by atoms with Gasteiger partial charge in [-0.25, -0.2) is 0 Å². The Morgan fingerprint density at radius 1 is 0.442 bits per heavy atom. The standard InChI is InChI=1S/C47H78O5/c1-4-7-10-13-15-17-19-21-22-23-24-25-26-27-28-30-32-35-37-40-46(48)51-44-45(52-47(49)41-38-34-12-9-6-3)43-50-42-39-36-33-31-29-20-18-16-14-11-8-5-2/h7,10,14-17,21-22,24-25,27-28,32,35,45H,4-6,8-9,11-13,18-20,23,26,29-31,33-34,36-44H2,1-3H3/b10-7-,16-14-,17-15-,22-21-,25-24-,28-27-,35-32-. The first kappa shape index (κ1) is 49.1. The quantitative estimate of drug-likeness (QED) is 0.0363. The van der Waals surface area contributed by atoms with Crippen LogP contribution < -0.4 is 0 Å². The van der Waals surface area contributed by atoms with E-state index in [2.05, 4.69) is 99.8 Å². The number of hydrogen-bond acceptors (Lipinski definition) is 5. The first-order chi connectivity index (χ1) is 25.6. The number of ether oxygens (including phenoxy) is 3. The minimum atomic E-state index is -0.566. The molecular formula is C47H78O5. The predicted molar refractivity (Wildman–Crippen MR) is 223 cm³/mol. The van der Waals surface area contributed by atoms with Gasteiger partial charge in [0.15, 0.2) is 6.10 Å². The van der Waals surface area contributed by atoms with E-state index >= 15 is 0 Å². The number of esters is 2. The third kappa shape index (κ3) is 39.9. The smallest absolute Gasteiger partial charge is 0.306 e. The summed E-state index contributed by atoms with van der Waals surface area (Å²) in [6.07, 6.45) is 54.7. The number of carbonyl (C=O) groups excluding carboxylic acids is 2. The fourth-order valence-electron chi connectivity index (χ4n) is 5.28. The zero-order valence-corrected chi connectivity index (χ0v) is 33.8. The molecule has 0 aliphatic heterocycles. The van der Waals surface area contributed by atoms with Gasteiger partial charge in [0.1, 0.15) is 6.61 Å². The van der Waals surface area contributed by atoms with Gasteiger partial charge in [-0.15, -0.1) is 0 Å². The predicted octanol–water partition coefficient (Wildman–Crippen LogP) is 13.8. The van der Waals surface area contributed by atoms with Crippen LogP contribution >= 0.6 is 0 Å². The summed E-state index contributed by atoms with van der Waals surface area (Å²) in [7, 11) is 0. The van der Waals surface area contributed by atoms with Crippen LogP contribution in [0.25, 0.3) is 0 Å². The maximum Gasteiger partial charge on any atom is 0.306 e. The highest BCUT2D eigenvalue weighted by molar-refractivity contribution is 5.70. The largest absolute Gasteiger partial charge is 0.462 e. The highest BCUT2D eigenvalue weighted by Crippen LogP contribution is 2.10. The Bertz CT molecular complexity index is 999. The molecule has 0 heterocycles. The molecule has 5 nitrogen and oxygen atoms in total. The lowest BCUT2D eigenvalue weighted by atomic mass is 10.1. The summed E-state index contributed by atoms with van der Waals surface area (Å²) in [5.41, 5.74) is 0. The minimum absolute atomic E-state index is 0.0387. The molecule has 296 valence electrons. The Hall–Kier alpha value is -2.92. The molecule has 0 aliphatic carbocycles. The molecule has 1 atom stereocenters. The molecule has 0 saturated carbocycles. The SMILES string of the molecule is CC/C=C\C/C=C\C/C=C\C/C=C\C/C=C\C/C=C\CCC(=O)OCC(COCCCCCCCC/C=C\CCCC)OC(=O)CCCCCCC. The third-order valence-electron chi connectivity index (χ3n) is 8.43. The van der Waals surface area contributed by atoms with Gasteiger partial charge in [0.25, 0.3) is 0 Å². The van der Waals surface area contributed by atoms with Crippen molar-refractivity contribution in [1.82, 2.24) is 0 Å². The van der Waals surface area contributed by atoms with Crippen molar-refractivity contribution in [3.05, 3.63) is 85.1 Å². The van der Waals surface area contributed by atoms with Gasteiger partial charge in [-0.1, -0.05) is 170 Å². The van der Waals surface area contributed by atoms with Crippen molar-refractivity contribution >= 4 is 11.9 Å². The van der Waals surface area contributed by atoms with Crippen molar-refractivity contribution in [3.8, 4) is 0 Å². The molecular weight excluding hydrogens is 645 g/mol. The van der Waals surface area contributed by atoms with Gasteiger partial charge in [0.05, 0.1) is 6.61 Å².